The molecule has 0 bridgehead atoms. The second-order valence-corrected chi connectivity index (χ2v) is 7.34. The van der Waals surface area contributed by atoms with Crippen LogP contribution >= 0.6 is 15.9 Å². The number of hydrogen-bond acceptors (Lipinski definition) is 1. The molecule has 1 N–H and O–H groups in total. The molecular weight excluding hydrogens is 295 g/mol. The van der Waals surface area contributed by atoms with E-state index in [0.29, 0.717) is 12.0 Å². The first-order chi connectivity index (χ1) is 8.18. The van der Waals surface area contributed by atoms with Crippen LogP contribution < -0.4 is 0 Å². The van der Waals surface area contributed by atoms with E-state index in [2.05, 4.69) is 43.6 Å². The van der Waals surface area contributed by atoms with E-state index in [0.717, 1.165) is 4.47 Å². The van der Waals surface area contributed by atoms with Crippen molar-refractivity contribution in [3.8, 4) is 0 Å². The Labute approximate surface area is 117 Å². The van der Waals surface area contributed by atoms with E-state index in [4.69, 9.17) is 0 Å². The fourth-order valence-corrected chi connectivity index (χ4v) is 3.66. The van der Waals surface area contributed by atoms with Gasteiger partial charge in [-0.05, 0) is 40.5 Å². The Morgan fingerprint density at radius 1 is 1.28 bits per heavy atom. The molecule has 0 aromatic heterocycles. The molecule has 1 saturated carbocycles. The van der Waals surface area contributed by atoms with E-state index in [1.807, 2.05) is 0 Å². The van der Waals surface area contributed by atoms with Crippen molar-refractivity contribution in [2.75, 3.05) is 0 Å². The molecule has 1 unspecified atom stereocenters. The predicted molar refractivity (Wildman–Crippen MR) is 74.9 cm³/mol. The van der Waals surface area contributed by atoms with Crippen LogP contribution in [-0.4, -0.2) is 11.2 Å². The fraction of sp³-hybridized carbons (Fsp3) is 0.600. The highest BCUT2D eigenvalue weighted by molar-refractivity contribution is 9.10. The molecule has 0 spiro atoms. The smallest absolute Gasteiger partial charge is 0.126 e. The molecule has 1 atom stereocenters. The van der Waals surface area contributed by atoms with E-state index in [9.17, 15) is 9.50 Å². The number of halogens is 2. The molecule has 18 heavy (non-hydrogen) atoms. The van der Waals surface area contributed by atoms with Crippen molar-refractivity contribution >= 4 is 15.9 Å². The molecule has 0 aliphatic heterocycles. The van der Waals surface area contributed by atoms with Gasteiger partial charge in [-0.15, -0.1) is 0 Å². The molecule has 0 heterocycles. The molecule has 1 aliphatic carbocycles. The lowest BCUT2D eigenvalue weighted by Gasteiger charge is -2.13. The normalized spacial score (nSPS) is 22.8. The van der Waals surface area contributed by atoms with Gasteiger partial charge >= 0.3 is 0 Å². The van der Waals surface area contributed by atoms with E-state index in [1.54, 1.807) is 12.1 Å². The van der Waals surface area contributed by atoms with Gasteiger partial charge in [-0.3, -0.25) is 0 Å². The van der Waals surface area contributed by atoms with Crippen molar-refractivity contribution in [3.05, 3.63) is 34.1 Å². The number of aliphatic hydroxyl groups excluding tert-OH is 1. The second-order valence-electron chi connectivity index (χ2n) is 6.43. The average molecular weight is 315 g/mol. The lowest BCUT2D eigenvalue weighted by Crippen LogP contribution is -2.18. The quantitative estimate of drug-likeness (QED) is 0.887. The van der Waals surface area contributed by atoms with Crippen LogP contribution in [0.15, 0.2) is 22.7 Å². The summed E-state index contributed by atoms with van der Waals surface area (Å²) in [5.74, 6) is -0.0168. The zero-order valence-electron chi connectivity index (χ0n) is 11.3. The molecular formula is C15H20BrFO. The van der Waals surface area contributed by atoms with Gasteiger partial charge in [0.2, 0.25) is 0 Å². The minimum Gasteiger partial charge on any atom is -0.392 e. The first-order valence-corrected chi connectivity index (χ1v) is 7.09. The van der Waals surface area contributed by atoms with Crippen LogP contribution in [0.5, 0.6) is 0 Å². The van der Waals surface area contributed by atoms with Gasteiger partial charge in [0.1, 0.15) is 5.82 Å². The Morgan fingerprint density at radius 2 is 1.83 bits per heavy atom. The summed E-state index contributed by atoms with van der Waals surface area (Å²) in [5.41, 5.74) is 0.819. The monoisotopic (exact) mass is 314 g/mol. The van der Waals surface area contributed by atoms with Crippen molar-refractivity contribution in [2.24, 2.45) is 16.7 Å². The van der Waals surface area contributed by atoms with Crippen molar-refractivity contribution in [1.82, 2.24) is 0 Å². The number of aliphatic hydroxyl groups is 1. The lowest BCUT2D eigenvalue weighted by molar-refractivity contribution is 0.128. The highest BCUT2D eigenvalue weighted by atomic mass is 79.9. The Bertz CT molecular complexity index is 454. The van der Waals surface area contributed by atoms with E-state index < -0.39 is 6.10 Å². The van der Waals surface area contributed by atoms with Crippen LogP contribution in [-0.2, 0) is 6.42 Å². The highest BCUT2D eigenvalue weighted by Crippen LogP contribution is 2.69. The molecule has 3 heteroatoms. The average Bonchev–Trinajstić information content (AvgIpc) is 2.63. The first-order valence-electron chi connectivity index (χ1n) is 6.30. The maximum Gasteiger partial charge on any atom is 0.126 e. The summed E-state index contributed by atoms with van der Waals surface area (Å²) >= 11 is 3.34. The van der Waals surface area contributed by atoms with Gasteiger partial charge < -0.3 is 5.11 Å². The molecule has 1 aromatic carbocycles. The molecule has 1 nitrogen and oxygen atoms in total. The summed E-state index contributed by atoms with van der Waals surface area (Å²) in [6.45, 7) is 8.66. The summed E-state index contributed by atoms with van der Waals surface area (Å²) in [4.78, 5) is 0. The number of hydrogen-bond donors (Lipinski definition) is 1. The first kappa shape index (κ1) is 14.0. The topological polar surface area (TPSA) is 20.2 Å². The van der Waals surface area contributed by atoms with Gasteiger partial charge in [0.05, 0.1) is 6.10 Å². The summed E-state index contributed by atoms with van der Waals surface area (Å²) in [6.07, 6.45) is -0.109. The zero-order valence-corrected chi connectivity index (χ0v) is 12.9. The van der Waals surface area contributed by atoms with E-state index in [1.165, 1.54) is 6.07 Å². The van der Waals surface area contributed by atoms with Crippen LogP contribution in [0.2, 0.25) is 0 Å². The Balaban J connectivity index is 2.14. The molecule has 2 rings (SSSR count). The Kier molecular flexibility index (Phi) is 3.35. The minimum atomic E-state index is -0.487. The van der Waals surface area contributed by atoms with Gasteiger partial charge in [0, 0.05) is 10.9 Å². The van der Waals surface area contributed by atoms with Crippen molar-refractivity contribution in [2.45, 2.75) is 40.2 Å². The maximum atomic E-state index is 13.7. The summed E-state index contributed by atoms with van der Waals surface area (Å²) < 4.78 is 14.5. The van der Waals surface area contributed by atoms with Crippen molar-refractivity contribution in [3.63, 3.8) is 0 Å². The summed E-state index contributed by atoms with van der Waals surface area (Å²) in [7, 11) is 0. The van der Waals surface area contributed by atoms with Crippen molar-refractivity contribution < 1.29 is 9.50 Å². The molecule has 0 radical (unpaired) electrons. The van der Waals surface area contributed by atoms with Crippen LogP contribution in [0, 0.1) is 22.6 Å². The lowest BCUT2D eigenvalue weighted by atomic mass is 9.99. The van der Waals surface area contributed by atoms with E-state index in [-0.39, 0.29) is 22.6 Å². The molecule has 1 aromatic rings. The third-order valence-corrected chi connectivity index (χ3v) is 5.45. The molecule has 1 aliphatic rings. The van der Waals surface area contributed by atoms with E-state index >= 15 is 0 Å². The highest BCUT2D eigenvalue weighted by Gasteiger charge is 2.66. The van der Waals surface area contributed by atoms with Crippen molar-refractivity contribution in [1.29, 1.82) is 0 Å². The van der Waals surface area contributed by atoms with Gasteiger partial charge in [0.25, 0.3) is 0 Å². The van der Waals surface area contributed by atoms with Gasteiger partial charge in [-0.1, -0.05) is 43.6 Å². The minimum absolute atomic E-state index is 0.120. The maximum absolute atomic E-state index is 13.7. The van der Waals surface area contributed by atoms with Crippen LogP contribution in [0.3, 0.4) is 0 Å². The number of benzene rings is 1. The summed E-state index contributed by atoms with van der Waals surface area (Å²) in [6, 6.07) is 4.87. The third-order valence-electron chi connectivity index (χ3n) is 4.95. The molecule has 100 valence electrons. The van der Waals surface area contributed by atoms with Crippen LogP contribution in [0.4, 0.5) is 4.39 Å². The Morgan fingerprint density at radius 3 is 2.33 bits per heavy atom. The fourth-order valence-electron chi connectivity index (χ4n) is 3.25. The predicted octanol–water partition coefficient (Wildman–Crippen LogP) is 4.17. The zero-order chi connectivity index (χ0) is 13.7. The molecule has 0 saturated heterocycles. The van der Waals surface area contributed by atoms with Gasteiger partial charge in [-0.2, -0.15) is 0 Å². The standard InChI is InChI=1S/C15H20BrFO/c1-14(2)13(15(14,3)4)12(18)8-9-7-10(16)5-6-11(9)17/h5-7,12-13,18H,8H2,1-4H3. The second kappa shape index (κ2) is 4.31. The number of rotatable bonds is 3. The van der Waals surface area contributed by atoms with Crippen LogP contribution in [0.1, 0.15) is 33.3 Å². The summed E-state index contributed by atoms with van der Waals surface area (Å²) in [5, 5.41) is 10.3. The van der Waals surface area contributed by atoms with Gasteiger partial charge in [-0.25, -0.2) is 4.39 Å². The largest absolute Gasteiger partial charge is 0.392 e. The molecule has 1 fully saturated rings. The third kappa shape index (κ3) is 2.12. The van der Waals surface area contributed by atoms with Crippen LogP contribution in [0.25, 0.3) is 0 Å². The Hall–Kier alpha value is -0.410. The SMILES string of the molecule is CC1(C)C(C(O)Cc2cc(Br)ccc2F)C1(C)C. The van der Waals surface area contributed by atoms with Gasteiger partial charge in [0.15, 0.2) is 0 Å². The molecule has 0 amide bonds.